The molecule has 0 unspecified atom stereocenters. The Morgan fingerprint density at radius 3 is 2.43 bits per heavy atom. The maximum atomic E-state index is 12.9. The molecule has 1 aliphatic heterocycles. The topological polar surface area (TPSA) is 104 Å². The molecule has 8 nitrogen and oxygen atoms in total. The fourth-order valence-electron chi connectivity index (χ4n) is 3.17. The first-order valence-corrected chi connectivity index (χ1v) is 9.06. The Morgan fingerprint density at radius 1 is 1.18 bits per heavy atom. The lowest BCUT2D eigenvalue weighted by molar-refractivity contribution is 0.0947. The van der Waals surface area contributed by atoms with Gasteiger partial charge in [0.15, 0.2) is 11.5 Å². The van der Waals surface area contributed by atoms with Crippen molar-refractivity contribution in [2.24, 2.45) is 0 Å². The summed E-state index contributed by atoms with van der Waals surface area (Å²) in [7, 11) is 0. The minimum atomic E-state index is -0.344. The molecule has 1 amide bonds. The second-order valence-corrected chi connectivity index (χ2v) is 6.16. The van der Waals surface area contributed by atoms with Gasteiger partial charge >= 0.3 is 0 Å². The van der Waals surface area contributed by atoms with Gasteiger partial charge in [-0.25, -0.2) is 0 Å². The number of hydrogen-bond donors (Lipinski definition) is 1. The van der Waals surface area contributed by atoms with Gasteiger partial charge in [-0.05, 0) is 26.1 Å². The Hall–Kier alpha value is -2.29. The number of nitrogens with zero attached hydrogens (tertiary/aromatic N) is 2. The van der Waals surface area contributed by atoms with Crippen molar-refractivity contribution in [2.45, 2.75) is 27.3 Å². The van der Waals surface area contributed by atoms with Crippen LogP contribution in [0, 0.1) is 0 Å². The van der Waals surface area contributed by atoms with E-state index < -0.39 is 0 Å². The Bertz CT molecular complexity index is 880. The van der Waals surface area contributed by atoms with Crippen molar-refractivity contribution in [3.05, 3.63) is 34.1 Å². The third-order valence-electron chi connectivity index (χ3n) is 4.77. The van der Waals surface area contributed by atoms with E-state index in [-0.39, 0.29) is 41.6 Å². The van der Waals surface area contributed by atoms with Crippen LogP contribution in [0.25, 0.3) is 10.9 Å². The third kappa shape index (κ3) is 4.57. The predicted octanol–water partition coefficient (Wildman–Crippen LogP) is 1.42. The number of ether oxygens (including phenoxy) is 2. The summed E-state index contributed by atoms with van der Waals surface area (Å²) in [6, 6.07) is 3.46. The maximum absolute atomic E-state index is 12.9. The smallest absolute Gasteiger partial charge is 0.256 e. The number of carbonyl (C=O) groups is 1. The van der Waals surface area contributed by atoms with Crippen LogP contribution in [0.4, 0.5) is 0 Å². The molecule has 2 aromatic rings. The molecule has 1 aromatic carbocycles. The zero-order valence-electron chi connectivity index (χ0n) is 16.4. The molecule has 1 aliphatic rings. The molecule has 0 radical (unpaired) electrons. The molecular weight excluding hydrogens is 386 g/mol. The van der Waals surface area contributed by atoms with E-state index in [9.17, 15) is 9.59 Å². The lowest BCUT2D eigenvalue weighted by Crippen LogP contribution is -2.36. The highest BCUT2D eigenvalue weighted by Crippen LogP contribution is 2.35. The highest BCUT2D eigenvalue weighted by Gasteiger charge is 2.20. The molecule has 28 heavy (non-hydrogen) atoms. The van der Waals surface area contributed by atoms with Crippen molar-refractivity contribution in [1.29, 1.82) is 0 Å². The molecule has 3 N–H and O–H groups in total. The van der Waals surface area contributed by atoms with Crippen LogP contribution in [0.1, 0.15) is 31.1 Å². The van der Waals surface area contributed by atoms with E-state index in [4.69, 9.17) is 9.47 Å². The van der Waals surface area contributed by atoms with E-state index in [1.807, 2.05) is 11.5 Å². The first kappa shape index (κ1) is 23.7. The molecule has 0 aliphatic carbocycles. The molecule has 0 saturated carbocycles. The molecular formula is C19H28ClN3O5. The van der Waals surface area contributed by atoms with E-state index in [1.54, 1.807) is 18.3 Å². The van der Waals surface area contributed by atoms with Crippen molar-refractivity contribution in [1.82, 2.24) is 14.8 Å². The summed E-state index contributed by atoms with van der Waals surface area (Å²) < 4.78 is 12.7. The Morgan fingerprint density at radius 2 is 1.82 bits per heavy atom. The van der Waals surface area contributed by atoms with Crippen molar-refractivity contribution in [3.8, 4) is 11.5 Å². The van der Waals surface area contributed by atoms with Crippen LogP contribution in [-0.2, 0) is 6.54 Å². The minimum absolute atomic E-state index is 0. The van der Waals surface area contributed by atoms with E-state index in [0.29, 0.717) is 30.0 Å². The fraction of sp³-hybridized carbons (Fsp3) is 0.474. The van der Waals surface area contributed by atoms with E-state index >= 15 is 0 Å². The predicted molar refractivity (Wildman–Crippen MR) is 111 cm³/mol. The van der Waals surface area contributed by atoms with Crippen molar-refractivity contribution >= 4 is 29.2 Å². The van der Waals surface area contributed by atoms with E-state index in [1.165, 1.54) is 0 Å². The van der Waals surface area contributed by atoms with Crippen molar-refractivity contribution in [2.75, 3.05) is 33.0 Å². The average Bonchev–Trinajstić information content (AvgIpc) is 3.11. The molecule has 0 fully saturated rings. The number of likely N-dealkylation sites (N-methyl/N-ethyl adjacent to an activating group) is 1. The number of amides is 1. The van der Waals surface area contributed by atoms with Crippen LogP contribution < -0.4 is 20.2 Å². The van der Waals surface area contributed by atoms with Crippen molar-refractivity contribution < 1.29 is 19.7 Å². The van der Waals surface area contributed by atoms with Crippen LogP contribution in [0.3, 0.4) is 0 Å². The van der Waals surface area contributed by atoms with Gasteiger partial charge < -0.3 is 29.7 Å². The number of aromatic nitrogens is 1. The molecule has 2 heterocycles. The van der Waals surface area contributed by atoms with Gasteiger partial charge in [0.1, 0.15) is 5.56 Å². The third-order valence-corrected chi connectivity index (χ3v) is 4.77. The number of fused-ring (bicyclic) bond motifs is 2. The van der Waals surface area contributed by atoms with Gasteiger partial charge in [-0.1, -0.05) is 13.8 Å². The van der Waals surface area contributed by atoms with E-state index in [0.717, 1.165) is 25.2 Å². The lowest BCUT2D eigenvalue weighted by Gasteiger charge is -2.18. The Balaban J connectivity index is 0.00000196. The number of nitrogens with one attached hydrogen (secondary N) is 1. The van der Waals surface area contributed by atoms with Gasteiger partial charge in [-0.3, -0.25) is 9.59 Å². The molecule has 0 bridgehead atoms. The fourth-order valence-corrected chi connectivity index (χ4v) is 3.17. The van der Waals surface area contributed by atoms with Gasteiger partial charge in [0, 0.05) is 31.9 Å². The number of halogens is 1. The highest BCUT2D eigenvalue weighted by molar-refractivity contribution is 5.97. The summed E-state index contributed by atoms with van der Waals surface area (Å²) in [6.45, 7) is 10.0. The zero-order chi connectivity index (χ0) is 18.7. The molecule has 0 spiro atoms. The maximum Gasteiger partial charge on any atom is 0.256 e. The highest BCUT2D eigenvalue weighted by atomic mass is 35.5. The van der Waals surface area contributed by atoms with Gasteiger partial charge in [-0.2, -0.15) is 0 Å². The van der Waals surface area contributed by atoms with Crippen LogP contribution in [0.5, 0.6) is 11.5 Å². The second kappa shape index (κ2) is 10.3. The van der Waals surface area contributed by atoms with Crippen LogP contribution in [-0.4, -0.2) is 53.8 Å². The molecule has 0 atom stereocenters. The van der Waals surface area contributed by atoms with Gasteiger partial charge in [0.2, 0.25) is 12.2 Å². The first-order chi connectivity index (χ1) is 12.6. The Kier molecular flexibility index (Phi) is 8.74. The molecule has 1 aromatic heterocycles. The normalized spacial score (nSPS) is 11.9. The zero-order valence-corrected chi connectivity index (χ0v) is 17.2. The summed E-state index contributed by atoms with van der Waals surface area (Å²) in [5, 5.41) is 3.32. The van der Waals surface area contributed by atoms with Crippen LogP contribution >= 0.6 is 12.4 Å². The van der Waals surface area contributed by atoms with Gasteiger partial charge in [0.25, 0.3) is 5.91 Å². The SMILES string of the molecule is CCN(CC)CCNC(=O)c1cn(CC)c2cc3c(cc2c1=O)OCO3.Cl.O. The van der Waals surface area contributed by atoms with Crippen LogP contribution in [0.15, 0.2) is 23.1 Å². The Labute approximate surface area is 170 Å². The number of hydrogen-bond acceptors (Lipinski definition) is 5. The number of carbonyl (C=O) groups excluding carboxylic acids is 1. The van der Waals surface area contributed by atoms with Crippen LogP contribution in [0.2, 0.25) is 0 Å². The van der Waals surface area contributed by atoms with E-state index in [2.05, 4.69) is 24.1 Å². The summed E-state index contributed by atoms with van der Waals surface area (Å²) in [6.07, 6.45) is 1.62. The number of rotatable bonds is 7. The summed E-state index contributed by atoms with van der Waals surface area (Å²) in [5.74, 6) is 0.816. The first-order valence-electron chi connectivity index (χ1n) is 9.06. The van der Waals surface area contributed by atoms with Gasteiger partial charge in [0.05, 0.1) is 10.9 Å². The molecule has 9 heteroatoms. The quantitative estimate of drug-likeness (QED) is 0.739. The lowest BCUT2D eigenvalue weighted by atomic mass is 10.1. The second-order valence-electron chi connectivity index (χ2n) is 6.16. The number of aryl methyl sites for hydroxylation is 1. The molecule has 0 saturated heterocycles. The molecule has 156 valence electrons. The molecule has 3 rings (SSSR count). The summed E-state index contributed by atoms with van der Waals surface area (Å²) in [5.41, 5.74) is 0.600. The largest absolute Gasteiger partial charge is 0.454 e. The summed E-state index contributed by atoms with van der Waals surface area (Å²) in [4.78, 5) is 27.7. The minimum Gasteiger partial charge on any atom is -0.454 e. The number of benzene rings is 1. The summed E-state index contributed by atoms with van der Waals surface area (Å²) >= 11 is 0. The average molecular weight is 414 g/mol. The van der Waals surface area contributed by atoms with Gasteiger partial charge in [-0.15, -0.1) is 12.4 Å². The standard InChI is InChI=1S/C19H25N3O4.ClH.H2O/c1-4-21(5-2)8-7-20-19(24)14-11-22(6-3)15-10-17-16(25-12-26-17)9-13(15)18(14)23;;/h9-11H,4-8,12H2,1-3H3,(H,20,24);1H;1H2. The monoisotopic (exact) mass is 413 g/mol. The number of pyridine rings is 1. The van der Waals surface area contributed by atoms with Crippen molar-refractivity contribution in [3.63, 3.8) is 0 Å².